The van der Waals surface area contributed by atoms with Gasteiger partial charge in [0.1, 0.15) is 6.04 Å². The van der Waals surface area contributed by atoms with E-state index in [0.29, 0.717) is 25.1 Å². The van der Waals surface area contributed by atoms with Gasteiger partial charge in [-0.2, -0.15) is 0 Å². The highest BCUT2D eigenvalue weighted by Gasteiger charge is 2.23. The van der Waals surface area contributed by atoms with E-state index in [0.717, 1.165) is 18.4 Å². The second kappa shape index (κ2) is 7.79. The average molecular weight is 339 g/mol. The summed E-state index contributed by atoms with van der Waals surface area (Å²) in [6, 6.07) is 11.9. The van der Waals surface area contributed by atoms with Crippen molar-refractivity contribution in [3.8, 4) is 0 Å². The molecule has 1 aromatic heterocycles. The van der Waals surface area contributed by atoms with Gasteiger partial charge >= 0.3 is 0 Å². The van der Waals surface area contributed by atoms with Gasteiger partial charge in [0.25, 0.3) is 11.5 Å². The summed E-state index contributed by atoms with van der Waals surface area (Å²) in [6.07, 6.45) is 3.97. The van der Waals surface area contributed by atoms with E-state index in [1.807, 2.05) is 30.3 Å². The quantitative estimate of drug-likeness (QED) is 0.881. The number of hydrogen-bond donors (Lipinski definition) is 2. The molecule has 1 aromatic carbocycles. The second-order valence-electron chi connectivity index (χ2n) is 6.18. The molecule has 130 valence electrons. The highest BCUT2D eigenvalue weighted by molar-refractivity contribution is 5.97. The van der Waals surface area contributed by atoms with E-state index >= 15 is 0 Å². The van der Waals surface area contributed by atoms with Crippen LogP contribution in [0.1, 0.15) is 35.2 Å². The minimum absolute atomic E-state index is 0.150. The maximum absolute atomic E-state index is 12.5. The van der Waals surface area contributed by atoms with E-state index in [1.165, 1.54) is 16.7 Å². The third-order valence-electron chi connectivity index (χ3n) is 4.28. The zero-order valence-corrected chi connectivity index (χ0v) is 13.9. The normalized spacial score (nSPS) is 17.4. The average Bonchev–Trinajstić information content (AvgIpc) is 2.82. The fourth-order valence-corrected chi connectivity index (χ4v) is 2.89. The van der Waals surface area contributed by atoms with Crippen LogP contribution in [0.2, 0.25) is 0 Å². The molecule has 2 aromatic rings. The molecule has 1 saturated heterocycles. The largest absolute Gasteiger partial charge is 0.354 e. The van der Waals surface area contributed by atoms with Gasteiger partial charge in [-0.3, -0.25) is 14.4 Å². The van der Waals surface area contributed by atoms with Gasteiger partial charge in [0.15, 0.2) is 0 Å². The molecule has 2 amide bonds. The van der Waals surface area contributed by atoms with Crippen LogP contribution in [0.3, 0.4) is 0 Å². The Kier molecular flexibility index (Phi) is 5.28. The first-order valence-corrected chi connectivity index (χ1v) is 8.46. The molecule has 0 spiro atoms. The van der Waals surface area contributed by atoms with Gasteiger partial charge in [-0.25, -0.2) is 0 Å². The fourth-order valence-electron chi connectivity index (χ4n) is 2.89. The first kappa shape index (κ1) is 17.0. The smallest absolute Gasteiger partial charge is 0.253 e. The Morgan fingerprint density at radius 1 is 1.12 bits per heavy atom. The van der Waals surface area contributed by atoms with Crippen molar-refractivity contribution in [1.29, 1.82) is 0 Å². The number of rotatable bonds is 4. The van der Waals surface area contributed by atoms with Crippen molar-refractivity contribution in [3.05, 3.63) is 70.1 Å². The van der Waals surface area contributed by atoms with Crippen molar-refractivity contribution in [1.82, 2.24) is 15.2 Å². The molecule has 1 aliphatic rings. The molecule has 0 saturated carbocycles. The maximum atomic E-state index is 12.5. The van der Waals surface area contributed by atoms with E-state index < -0.39 is 6.04 Å². The lowest BCUT2D eigenvalue weighted by Gasteiger charge is -2.15. The Morgan fingerprint density at radius 2 is 1.92 bits per heavy atom. The third kappa shape index (κ3) is 4.35. The molecule has 25 heavy (non-hydrogen) atoms. The number of benzene rings is 1. The Hall–Kier alpha value is -2.89. The van der Waals surface area contributed by atoms with Crippen LogP contribution in [0.25, 0.3) is 0 Å². The van der Waals surface area contributed by atoms with Crippen LogP contribution in [0.4, 0.5) is 0 Å². The molecular weight excluding hydrogens is 318 g/mol. The van der Waals surface area contributed by atoms with Crippen molar-refractivity contribution in [3.63, 3.8) is 0 Å². The van der Waals surface area contributed by atoms with Gasteiger partial charge in [-0.15, -0.1) is 0 Å². The van der Waals surface area contributed by atoms with E-state index in [-0.39, 0.29) is 17.4 Å². The van der Waals surface area contributed by atoms with Crippen molar-refractivity contribution >= 4 is 11.8 Å². The van der Waals surface area contributed by atoms with Crippen LogP contribution < -0.4 is 16.2 Å². The molecule has 1 unspecified atom stereocenters. The predicted octanol–water partition coefficient (Wildman–Crippen LogP) is 1.30. The van der Waals surface area contributed by atoms with Crippen molar-refractivity contribution in [2.45, 2.75) is 31.8 Å². The van der Waals surface area contributed by atoms with E-state index in [9.17, 15) is 14.4 Å². The summed E-state index contributed by atoms with van der Waals surface area (Å²) in [5.74, 6) is -0.493. The van der Waals surface area contributed by atoms with Gasteiger partial charge < -0.3 is 15.2 Å². The zero-order chi connectivity index (χ0) is 17.6. The lowest BCUT2D eigenvalue weighted by molar-refractivity contribution is -0.122. The van der Waals surface area contributed by atoms with E-state index in [2.05, 4.69) is 10.6 Å². The number of nitrogens with zero attached hydrogens (tertiary/aromatic N) is 1. The Morgan fingerprint density at radius 3 is 2.72 bits per heavy atom. The predicted molar refractivity (Wildman–Crippen MR) is 94.4 cm³/mol. The van der Waals surface area contributed by atoms with Crippen LogP contribution in [0.15, 0.2) is 53.5 Å². The highest BCUT2D eigenvalue weighted by Crippen LogP contribution is 2.07. The van der Waals surface area contributed by atoms with Gasteiger partial charge in [0.2, 0.25) is 5.91 Å². The minimum atomic E-state index is -0.524. The van der Waals surface area contributed by atoms with E-state index in [1.54, 1.807) is 6.20 Å². The summed E-state index contributed by atoms with van der Waals surface area (Å²) < 4.78 is 1.50. The monoisotopic (exact) mass is 339 g/mol. The molecule has 2 heterocycles. The zero-order valence-electron chi connectivity index (χ0n) is 13.9. The molecular formula is C19H21N3O3. The van der Waals surface area contributed by atoms with Crippen LogP contribution in [-0.2, 0) is 11.3 Å². The molecule has 1 atom stereocenters. The lowest BCUT2D eigenvalue weighted by Crippen LogP contribution is -2.45. The number of carbonyl (C=O) groups is 2. The summed E-state index contributed by atoms with van der Waals surface area (Å²) in [7, 11) is 0. The number of nitrogens with one attached hydrogen (secondary N) is 2. The molecule has 6 nitrogen and oxygen atoms in total. The van der Waals surface area contributed by atoms with Gasteiger partial charge in [0.05, 0.1) is 12.1 Å². The van der Waals surface area contributed by atoms with Crippen molar-refractivity contribution < 1.29 is 9.59 Å². The molecule has 1 aliphatic heterocycles. The molecule has 1 fully saturated rings. The SMILES string of the molecule is O=C(NC1CCCCNC1=O)c1ccc(=O)n(Cc2ccccc2)c1. The minimum Gasteiger partial charge on any atom is -0.354 e. The standard InChI is InChI=1S/C19H21N3O3/c23-17-10-9-15(13-22(17)12-14-6-2-1-3-7-14)18(24)21-16-8-4-5-11-20-19(16)25/h1-3,6-7,9-10,13,16H,4-5,8,11-12H2,(H,20,25)(H,21,24). The molecule has 0 aliphatic carbocycles. The lowest BCUT2D eigenvalue weighted by atomic mass is 10.1. The summed E-state index contributed by atoms with van der Waals surface area (Å²) in [5, 5.41) is 5.56. The summed E-state index contributed by atoms with van der Waals surface area (Å²) in [5.41, 5.74) is 1.17. The van der Waals surface area contributed by atoms with Crippen molar-refractivity contribution in [2.24, 2.45) is 0 Å². The topological polar surface area (TPSA) is 80.2 Å². The summed E-state index contributed by atoms with van der Waals surface area (Å²) in [6.45, 7) is 1.04. The molecule has 2 N–H and O–H groups in total. The van der Waals surface area contributed by atoms with Crippen LogP contribution in [-0.4, -0.2) is 29.0 Å². The maximum Gasteiger partial charge on any atom is 0.253 e. The van der Waals surface area contributed by atoms with Crippen LogP contribution in [0, 0.1) is 0 Å². The molecule has 6 heteroatoms. The Balaban J connectivity index is 1.75. The number of amides is 2. The Labute approximate surface area is 145 Å². The third-order valence-corrected chi connectivity index (χ3v) is 4.28. The highest BCUT2D eigenvalue weighted by atomic mass is 16.2. The molecule has 0 radical (unpaired) electrons. The number of aromatic nitrogens is 1. The number of pyridine rings is 1. The first-order valence-electron chi connectivity index (χ1n) is 8.46. The summed E-state index contributed by atoms with van der Waals surface area (Å²) >= 11 is 0. The molecule has 3 rings (SSSR count). The van der Waals surface area contributed by atoms with Crippen LogP contribution >= 0.6 is 0 Å². The number of hydrogen-bond acceptors (Lipinski definition) is 3. The van der Waals surface area contributed by atoms with Crippen LogP contribution in [0.5, 0.6) is 0 Å². The Bertz CT molecular complexity index is 814. The number of carbonyl (C=O) groups excluding carboxylic acids is 2. The fraction of sp³-hybridized carbons (Fsp3) is 0.316. The van der Waals surface area contributed by atoms with Gasteiger partial charge in [-0.1, -0.05) is 30.3 Å². The van der Waals surface area contributed by atoms with Crippen molar-refractivity contribution in [2.75, 3.05) is 6.54 Å². The first-order chi connectivity index (χ1) is 12.1. The second-order valence-corrected chi connectivity index (χ2v) is 6.18. The summed E-state index contributed by atoms with van der Waals surface area (Å²) in [4.78, 5) is 36.5. The van der Waals surface area contributed by atoms with Gasteiger partial charge in [0, 0.05) is 18.8 Å². The van der Waals surface area contributed by atoms with E-state index in [4.69, 9.17) is 0 Å². The van der Waals surface area contributed by atoms with Gasteiger partial charge in [-0.05, 0) is 30.9 Å². The molecule has 0 bridgehead atoms.